The molecule has 1 nitrogen and oxygen atoms in total. The third-order valence-electron chi connectivity index (χ3n) is 3.76. The second-order valence-corrected chi connectivity index (χ2v) is 4.93. The van der Waals surface area contributed by atoms with Gasteiger partial charge in [-0.15, -0.1) is 0 Å². The van der Waals surface area contributed by atoms with E-state index in [9.17, 15) is 0 Å². The van der Waals surface area contributed by atoms with Crippen LogP contribution in [-0.4, -0.2) is 0 Å². The number of hydrogen-bond acceptors (Lipinski definition) is 1. The summed E-state index contributed by atoms with van der Waals surface area (Å²) in [6, 6.07) is 23.3. The molecule has 0 aliphatic heterocycles. The van der Waals surface area contributed by atoms with Crippen molar-refractivity contribution in [2.45, 2.75) is 0 Å². The second-order valence-electron chi connectivity index (χ2n) is 4.93. The van der Waals surface area contributed by atoms with Crippen molar-refractivity contribution in [3.05, 3.63) is 66.7 Å². The second kappa shape index (κ2) is 3.72. The lowest BCUT2D eigenvalue weighted by atomic mass is 9.97. The van der Waals surface area contributed by atoms with Crippen molar-refractivity contribution in [1.29, 1.82) is 0 Å². The largest absolute Gasteiger partial charge is 0.398 e. The summed E-state index contributed by atoms with van der Waals surface area (Å²) in [7, 11) is 0. The van der Waals surface area contributed by atoms with Crippen LogP contribution in [0, 0.1) is 0 Å². The molecule has 0 bridgehead atoms. The number of nitrogens with two attached hydrogens (primary N) is 1. The van der Waals surface area contributed by atoms with E-state index in [1.807, 2.05) is 0 Å². The molecule has 2 N–H and O–H groups in total. The first-order valence-corrected chi connectivity index (χ1v) is 6.43. The minimum Gasteiger partial charge on any atom is -0.398 e. The molecule has 19 heavy (non-hydrogen) atoms. The van der Waals surface area contributed by atoms with Gasteiger partial charge in [0.1, 0.15) is 0 Å². The van der Waals surface area contributed by atoms with Crippen molar-refractivity contribution < 1.29 is 0 Å². The van der Waals surface area contributed by atoms with Crippen LogP contribution in [0.2, 0.25) is 0 Å². The van der Waals surface area contributed by atoms with Gasteiger partial charge in [-0.05, 0) is 45.1 Å². The van der Waals surface area contributed by atoms with Gasteiger partial charge in [0.2, 0.25) is 0 Å². The molecule has 4 aromatic carbocycles. The Kier molecular flexibility index (Phi) is 2.04. The lowest BCUT2D eigenvalue weighted by molar-refractivity contribution is 1.76. The zero-order valence-corrected chi connectivity index (χ0v) is 10.4. The summed E-state index contributed by atoms with van der Waals surface area (Å²) in [4.78, 5) is 0. The van der Waals surface area contributed by atoms with Crippen LogP contribution in [0.15, 0.2) is 66.7 Å². The van der Waals surface area contributed by atoms with E-state index < -0.39 is 0 Å². The van der Waals surface area contributed by atoms with Gasteiger partial charge in [-0.1, -0.05) is 48.5 Å². The Balaban J connectivity index is 2.30. The number of benzene rings is 4. The lowest BCUT2D eigenvalue weighted by Crippen LogP contribution is -1.88. The Labute approximate surface area is 111 Å². The molecule has 0 unspecified atom stereocenters. The Morgan fingerprint density at radius 1 is 0.526 bits per heavy atom. The molecule has 0 radical (unpaired) electrons. The number of hydrogen-bond donors (Lipinski definition) is 1. The first-order valence-electron chi connectivity index (χ1n) is 6.43. The van der Waals surface area contributed by atoms with E-state index in [0.29, 0.717) is 0 Å². The molecule has 0 heterocycles. The molecule has 0 aromatic heterocycles. The van der Waals surface area contributed by atoms with Gasteiger partial charge < -0.3 is 5.73 Å². The van der Waals surface area contributed by atoms with Crippen LogP contribution in [-0.2, 0) is 0 Å². The molecular formula is C18H13N. The average Bonchev–Trinajstić information content (AvgIpc) is 2.46. The van der Waals surface area contributed by atoms with Crippen LogP contribution in [0.1, 0.15) is 0 Å². The van der Waals surface area contributed by atoms with Crippen molar-refractivity contribution in [2.24, 2.45) is 0 Å². The maximum absolute atomic E-state index is 6.21. The molecule has 0 saturated heterocycles. The van der Waals surface area contributed by atoms with E-state index in [1.54, 1.807) is 0 Å². The molecule has 0 spiro atoms. The summed E-state index contributed by atoms with van der Waals surface area (Å²) in [6.45, 7) is 0. The summed E-state index contributed by atoms with van der Waals surface area (Å²) in [6.07, 6.45) is 0. The summed E-state index contributed by atoms with van der Waals surface area (Å²) in [5.74, 6) is 0. The van der Waals surface area contributed by atoms with Gasteiger partial charge in [-0.3, -0.25) is 0 Å². The predicted molar refractivity (Wildman–Crippen MR) is 83.4 cm³/mol. The van der Waals surface area contributed by atoms with Gasteiger partial charge in [0.25, 0.3) is 0 Å². The van der Waals surface area contributed by atoms with E-state index in [1.165, 1.54) is 26.9 Å². The molecule has 0 saturated carbocycles. The minimum absolute atomic E-state index is 0.847. The zero-order valence-electron chi connectivity index (χ0n) is 10.4. The number of nitrogen functional groups attached to an aromatic ring is 1. The maximum atomic E-state index is 6.21. The highest BCUT2D eigenvalue weighted by Crippen LogP contribution is 2.33. The van der Waals surface area contributed by atoms with Crippen molar-refractivity contribution in [3.63, 3.8) is 0 Å². The maximum Gasteiger partial charge on any atom is 0.0400 e. The summed E-state index contributed by atoms with van der Waals surface area (Å²) < 4.78 is 0. The standard InChI is InChI=1S/C18H13N/c19-18-11-14-7-3-4-8-15(14)16-9-12-5-1-2-6-13(12)10-17(16)18/h1-11H,19H2. The molecule has 90 valence electrons. The van der Waals surface area contributed by atoms with Crippen molar-refractivity contribution in [2.75, 3.05) is 5.73 Å². The van der Waals surface area contributed by atoms with Crippen molar-refractivity contribution in [1.82, 2.24) is 0 Å². The predicted octanol–water partition coefficient (Wildman–Crippen LogP) is 4.73. The van der Waals surface area contributed by atoms with Crippen LogP contribution >= 0.6 is 0 Å². The van der Waals surface area contributed by atoms with Gasteiger partial charge in [0.05, 0.1) is 0 Å². The van der Waals surface area contributed by atoms with Gasteiger partial charge in [-0.2, -0.15) is 0 Å². The Bertz CT molecular complexity index is 922. The quantitative estimate of drug-likeness (QED) is 0.270. The van der Waals surface area contributed by atoms with E-state index in [-0.39, 0.29) is 0 Å². The highest BCUT2D eigenvalue weighted by Gasteiger charge is 2.05. The third-order valence-corrected chi connectivity index (χ3v) is 3.76. The summed E-state index contributed by atoms with van der Waals surface area (Å²) in [5.41, 5.74) is 7.06. The first kappa shape index (κ1) is 10.4. The van der Waals surface area contributed by atoms with Gasteiger partial charge in [0.15, 0.2) is 0 Å². The first-order chi connectivity index (χ1) is 9.33. The molecule has 4 rings (SSSR count). The SMILES string of the molecule is Nc1cc2ccccc2c2cc3ccccc3cc12. The van der Waals surface area contributed by atoms with Crippen LogP contribution in [0.4, 0.5) is 5.69 Å². The number of anilines is 1. The molecule has 0 aliphatic carbocycles. The fourth-order valence-corrected chi connectivity index (χ4v) is 2.82. The van der Waals surface area contributed by atoms with E-state index >= 15 is 0 Å². The fraction of sp³-hybridized carbons (Fsp3) is 0. The molecule has 0 aliphatic rings. The summed E-state index contributed by atoms with van der Waals surface area (Å²) >= 11 is 0. The molecule has 0 atom stereocenters. The van der Waals surface area contributed by atoms with Crippen LogP contribution in [0.3, 0.4) is 0 Å². The smallest absolute Gasteiger partial charge is 0.0400 e. The Morgan fingerprint density at radius 3 is 1.84 bits per heavy atom. The van der Waals surface area contributed by atoms with Crippen LogP contribution in [0.5, 0.6) is 0 Å². The number of fused-ring (bicyclic) bond motifs is 4. The zero-order chi connectivity index (χ0) is 12.8. The van der Waals surface area contributed by atoms with E-state index in [0.717, 1.165) is 11.1 Å². The lowest BCUT2D eigenvalue weighted by Gasteiger charge is -2.09. The summed E-state index contributed by atoms with van der Waals surface area (Å²) in [5, 5.41) is 7.31. The fourth-order valence-electron chi connectivity index (χ4n) is 2.82. The van der Waals surface area contributed by atoms with Crippen LogP contribution < -0.4 is 5.73 Å². The molecule has 4 aromatic rings. The number of rotatable bonds is 0. The highest BCUT2D eigenvalue weighted by atomic mass is 14.5. The Hall–Kier alpha value is -2.54. The van der Waals surface area contributed by atoms with Crippen molar-refractivity contribution >= 4 is 38.0 Å². The van der Waals surface area contributed by atoms with E-state index in [2.05, 4.69) is 66.7 Å². The van der Waals surface area contributed by atoms with Gasteiger partial charge in [-0.25, -0.2) is 0 Å². The van der Waals surface area contributed by atoms with E-state index in [4.69, 9.17) is 5.73 Å². The monoisotopic (exact) mass is 243 g/mol. The molecule has 0 amide bonds. The van der Waals surface area contributed by atoms with Gasteiger partial charge >= 0.3 is 0 Å². The molecular weight excluding hydrogens is 230 g/mol. The Morgan fingerprint density at radius 2 is 1.11 bits per heavy atom. The van der Waals surface area contributed by atoms with Gasteiger partial charge in [0, 0.05) is 11.1 Å². The molecule has 1 heteroatoms. The average molecular weight is 243 g/mol. The normalized spacial score (nSPS) is 11.4. The third kappa shape index (κ3) is 1.48. The topological polar surface area (TPSA) is 26.0 Å². The van der Waals surface area contributed by atoms with Crippen LogP contribution in [0.25, 0.3) is 32.3 Å². The van der Waals surface area contributed by atoms with Crippen molar-refractivity contribution in [3.8, 4) is 0 Å². The molecule has 0 fully saturated rings. The minimum atomic E-state index is 0.847. The highest BCUT2D eigenvalue weighted by molar-refractivity contribution is 6.16.